The topological polar surface area (TPSA) is 117 Å². The molecular weight excluding hydrogens is 404 g/mol. The molecular formula is C20H30N6O3S. The minimum absolute atomic E-state index is 0.169. The number of amides is 1. The summed E-state index contributed by atoms with van der Waals surface area (Å²) in [6.45, 7) is 6.55. The number of aryl methyl sites for hydroxylation is 1. The number of likely N-dealkylation sites (tertiary alicyclic amines) is 1. The zero-order valence-corrected chi connectivity index (χ0v) is 18.3. The van der Waals surface area contributed by atoms with Crippen molar-refractivity contribution in [3.05, 3.63) is 12.4 Å². The third-order valence-corrected chi connectivity index (χ3v) is 8.00. The number of nitrogens with zero attached hydrogens (tertiary/aromatic N) is 5. The van der Waals surface area contributed by atoms with E-state index in [9.17, 15) is 14.7 Å². The number of nitrogens with two attached hydrogens (primary N) is 1. The first kappa shape index (κ1) is 21.0. The van der Waals surface area contributed by atoms with Gasteiger partial charge in [-0.3, -0.25) is 9.79 Å². The molecule has 3 saturated heterocycles. The van der Waals surface area contributed by atoms with E-state index in [4.69, 9.17) is 5.73 Å². The molecule has 9 nitrogen and oxygen atoms in total. The normalized spacial score (nSPS) is 28.7. The molecule has 0 aromatic carbocycles. The third kappa shape index (κ3) is 3.89. The molecule has 0 radical (unpaired) electrons. The molecule has 3 aliphatic rings. The highest BCUT2D eigenvalue weighted by Crippen LogP contribution is 2.51. The van der Waals surface area contributed by atoms with Crippen molar-refractivity contribution < 1.29 is 14.7 Å². The van der Waals surface area contributed by atoms with Crippen molar-refractivity contribution in [1.29, 1.82) is 0 Å². The molecule has 164 valence electrons. The van der Waals surface area contributed by atoms with Gasteiger partial charge in [0, 0.05) is 36.8 Å². The Kier molecular flexibility index (Phi) is 5.69. The SMILES string of the molecule is CC1(C)S[C@@H]2[C@H](N=CN3CCC(CCCn4ccnc4N)CC3)C(=O)N2[C@H]1C(=O)O. The monoisotopic (exact) mass is 434 g/mol. The van der Waals surface area contributed by atoms with E-state index in [-0.39, 0.29) is 11.3 Å². The third-order valence-electron chi connectivity index (χ3n) is 6.45. The highest BCUT2D eigenvalue weighted by molar-refractivity contribution is 8.01. The van der Waals surface area contributed by atoms with Gasteiger partial charge in [-0.1, -0.05) is 0 Å². The van der Waals surface area contributed by atoms with Gasteiger partial charge in [0.2, 0.25) is 0 Å². The lowest BCUT2D eigenvalue weighted by atomic mass is 9.92. The van der Waals surface area contributed by atoms with Crippen LogP contribution in [0.4, 0.5) is 5.95 Å². The second-order valence-corrected chi connectivity index (χ2v) is 10.7. The lowest BCUT2D eigenvalue weighted by Crippen LogP contribution is -2.65. The van der Waals surface area contributed by atoms with Gasteiger partial charge in [0.15, 0.2) is 12.0 Å². The fourth-order valence-corrected chi connectivity index (χ4v) is 6.35. The summed E-state index contributed by atoms with van der Waals surface area (Å²) >= 11 is 1.54. The van der Waals surface area contributed by atoms with Crippen molar-refractivity contribution in [2.24, 2.45) is 10.9 Å². The number of β-lactam (4-membered cyclic amide) rings is 1. The van der Waals surface area contributed by atoms with Crippen LogP contribution in [0.15, 0.2) is 17.4 Å². The Morgan fingerprint density at radius 1 is 1.43 bits per heavy atom. The molecule has 1 amide bonds. The average Bonchev–Trinajstić information content (AvgIpc) is 3.21. The molecule has 0 spiro atoms. The van der Waals surface area contributed by atoms with Crippen molar-refractivity contribution in [3.8, 4) is 0 Å². The molecule has 0 unspecified atom stereocenters. The van der Waals surface area contributed by atoms with Crippen LogP contribution >= 0.6 is 11.8 Å². The van der Waals surface area contributed by atoms with Gasteiger partial charge in [0.25, 0.3) is 5.91 Å². The number of anilines is 1. The number of fused-ring (bicyclic) bond motifs is 1. The smallest absolute Gasteiger partial charge is 0.327 e. The number of hydrogen-bond donors (Lipinski definition) is 2. The van der Waals surface area contributed by atoms with Crippen LogP contribution in [0.3, 0.4) is 0 Å². The Balaban J connectivity index is 1.22. The number of rotatable bonds is 7. The maximum absolute atomic E-state index is 12.5. The Morgan fingerprint density at radius 2 is 2.17 bits per heavy atom. The molecule has 0 aliphatic carbocycles. The Labute approximate surface area is 180 Å². The second-order valence-electron chi connectivity index (χ2n) is 8.91. The van der Waals surface area contributed by atoms with Crippen LogP contribution in [-0.4, -0.2) is 78.0 Å². The van der Waals surface area contributed by atoms with E-state index in [0.717, 1.165) is 38.9 Å². The summed E-state index contributed by atoms with van der Waals surface area (Å²) in [6, 6.07) is -1.24. The van der Waals surface area contributed by atoms with E-state index >= 15 is 0 Å². The number of aliphatic carboxylic acids is 1. The molecule has 0 bridgehead atoms. The first-order valence-corrected chi connectivity index (χ1v) is 11.4. The summed E-state index contributed by atoms with van der Waals surface area (Å²) < 4.78 is 1.48. The molecule has 1 aromatic rings. The van der Waals surface area contributed by atoms with Gasteiger partial charge in [0.05, 0.1) is 6.34 Å². The minimum atomic E-state index is -0.941. The number of nitrogen functional groups attached to an aromatic ring is 1. The fraction of sp³-hybridized carbons (Fsp3) is 0.700. The number of piperidine rings is 1. The molecule has 0 saturated carbocycles. The highest BCUT2D eigenvalue weighted by Gasteiger charge is 2.63. The van der Waals surface area contributed by atoms with Crippen molar-refractivity contribution in [2.45, 2.75) is 68.3 Å². The maximum Gasteiger partial charge on any atom is 0.327 e. The Hall–Kier alpha value is -2.23. The van der Waals surface area contributed by atoms with Crippen molar-refractivity contribution in [2.75, 3.05) is 18.8 Å². The predicted octanol–water partition coefficient (Wildman–Crippen LogP) is 1.50. The van der Waals surface area contributed by atoms with E-state index in [1.807, 2.05) is 30.9 Å². The second kappa shape index (κ2) is 8.13. The lowest BCUT2D eigenvalue weighted by Gasteiger charge is -2.41. The number of carboxylic acid groups (broad SMARTS) is 1. The summed E-state index contributed by atoms with van der Waals surface area (Å²) in [6.07, 6.45) is 9.94. The number of carbonyl (C=O) groups is 2. The van der Waals surface area contributed by atoms with Gasteiger partial charge in [-0.2, -0.15) is 0 Å². The van der Waals surface area contributed by atoms with Crippen molar-refractivity contribution >= 4 is 35.9 Å². The quantitative estimate of drug-likeness (QED) is 0.379. The van der Waals surface area contributed by atoms with E-state index < -0.39 is 22.8 Å². The first-order valence-electron chi connectivity index (χ1n) is 10.5. The highest BCUT2D eigenvalue weighted by atomic mass is 32.2. The molecule has 4 rings (SSSR count). The van der Waals surface area contributed by atoms with Gasteiger partial charge in [0.1, 0.15) is 11.4 Å². The van der Waals surface area contributed by atoms with E-state index in [1.54, 1.807) is 6.20 Å². The molecule has 30 heavy (non-hydrogen) atoms. The van der Waals surface area contributed by atoms with E-state index in [1.165, 1.54) is 23.1 Å². The molecule has 1 aromatic heterocycles. The number of thioether (sulfide) groups is 1. The average molecular weight is 435 g/mol. The van der Waals surface area contributed by atoms with E-state index in [0.29, 0.717) is 11.9 Å². The number of imidazole rings is 1. The zero-order chi connectivity index (χ0) is 21.5. The number of carbonyl (C=O) groups excluding carboxylic acids is 1. The summed E-state index contributed by atoms with van der Waals surface area (Å²) in [4.78, 5) is 36.4. The molecule has 4 heterocycles. The van der Waals surface area contributed by atoms with Crippen LogP contribution in [0.5, 0.6) is 0 Å². The Bertz CT molecular complexity index is 832. The van der Waals surface area contributed by atoms with Gasteiger partial charge in [-0.25, -0.2) is 9.78 Å². The summed E-state index contributed by atoms with van der Waals surface area (Å²) in [7, 11) is 0. The summed E-state index contributed by atoms with van der Waals surface area (Å²) in [5.74, 6) is 0.158. The molecule has 3 fully saturated rings. The van der Waals surface area contributed by atoms with Gasteiger partial charge in [-0.05, 0) is 45.4 Å². The zero-order valence-electron chi connectivity index (χ0n) is 17.5. The largest absolute Gasteiger partial charge is 0.480 e. The number of aromatic nitrogens is 2. The molecule has 10 heteroatoms. The predicted molar refractivity (Wildman–Crippen MR) is 116 cm³/mol. The number of carboxylic acids is 1. The van der Waals surface area contributed by atoms with Gasteiger partial charge < -0.3 is 25.2 Å². The fourth-order valence-electron chi connectivity index (χ4n) is 4.73. The van der Waals surface area contributed by atoms with Gasteiger partial charge in [-0.15, -0.1) is 11.8 Å². The Morgan fingerprint density at radius 3 is 2.80 bits per heavy atom. The standard InChI is InChI=1S/C20H30N6O3S/c1-20(2)15(18(28)29)26-16(27)14(17(26)30-20)23-12-24-9-5-13(6-10-24)4-3-8-25-11-7-22-19(25)21/h7,11-15,17H,3-6,8-10H2,1-2H3,(H2,21,22)(H,28,29)/t14-,15+,17-/m1/s1. The van der Waals surface area contributed by atoms with Crippen LogP contribution in [0.2, 0.25) is 0 Å². The van der Waals surface area contributed by atoms with Crippen LogP contribution in [0.25, 0.3) is 0 Å². The molecule has 3 atom stereocenters. The van der Waals surface area contributed by atoms with Crippen LogP contribution in [-0.2, 0) is 16.1 Å². The number of hydrogen-bond acceptors (Lipinski definition) is 6. The molecule has 3 aliphatic heterocycles. The summed E-state index contributed by atoms with van der Waals surface area (Å²) in [5, 5.41) is 9.33. The minimum Gasteiger partial charge on any atom is -0.480 e. The van der Waals surface area contributed by atoms with Crippen molar-refractivity contribution in [1.82, 2.24) is 19.4 Å². The lowest BCUT2D eigenvalue weighted by molar-refractivity contribution is -0.158. The number of aliphatic imine (C=N–C) groups is 1. The van der Waals surface area contributed by atoms with E-state index in [2.05, 4.69) is 14.9 Å². The first-order chi connectivity index (χ1) is 14.3. The van der Waals surface area contributed by atoms with Crippen LogP contribution in [0.1, 0.15) is 39.5 Å². The van der Waals surface area contributed by atoms with Crippen LogP contribution in [0, 0.1) is 5.92 Å². The van der Waals surface area contributed by atoms with Crippen molar-refractivity contribution in [3.63, 3.8) is 0 Å². The van der Waals surface area contributed by atoms with Gasteiger partial charge >= 0.3 is 5.97 Å². The molecule has 3 N–H and O–H groups in total. The van der Waals surface area contributed by atoms with Crippen LogP contribution < -0.4 is 5.73 Å². The summed E-state index contributed by atoms with van der Waals surface area (Å²) in [5.41, 5.74) is 5.80. The maximum atomic E-state index is 12.5.